The molecule has 0 fully saturated rings. The Hall–Kier alpha value is -2.33. The van der Waals surface area contributed by atoms with Crippen molar-refractivity contribution in [1.29, 1.82) is 0 Å². The van der Waals surface area contributed by atoms with Crippen LogP contribution in [0.3, 0.4) is 0 Å². The summed E-state index contributed by atoms with van der Waals surface area (Å²) in [7, 11) is 0. The highest BCUT2D eigenvalue weighted by molar-refractivity contribution is 9.10. The second-order valence-corrected chi connectivity index (χ2v) is 5.74. The first-order chi connectivity index (χ1) is 11.2. The normalized spacial score (nSPS) is 10.5. The molecule has 0 saturated heterocycles. The van der Waals surface area contributed by atoms with Crippen molar-refractivity contribution in [2.45, 2.75) is 6.92 Å². The van der Waals surface area contributed by atoms with Gasteiger partial charge in [-0.1, -0.05) is 30.3 Å². The van der Waals surface area contributed by atoms with Crippen LogP contribution in [-0.4, -0.2) is 12.6 Å². The van der Waals surface area contributed by atoms with Gasteiger partial charge in [0.05, 0.1) is 16.6 Å². The predicted octanol–water partition coefficient (Wildman–Crippen LogP) is 5.22. The van der Waals surface area contributed by atoms with Crippen LogP contribution in [-0.2, 0) is 0 Å². The summed E-state index contributed by atoms with van der Waals surface area (Å²) in [5.74, 6) is 0.836. The zero-order valence-corrected chi connectivity index (χ0v) is 14.2. The molecular formula is C19H15BrO3. The Bertz CT molecular complexity index is 841. The van der Waals surface area contributed by atoms with Gasteiger partial charge in [-0.15, -0.1) is 0 Å². The number of carbonyl (C=O) groups excluding carboxylic acids is 1. The molecule has 116 valence electrons. The molecule has 3 aromatic rings. The molecule has 0 aliphatic rings. The molecule has 0 unspecified atom stereocenters. The van der Waals surface area contributed by atoms with Crippen LogP contribution in [0.25, 0.3) is 10.8 Å². The Balaban J connectivity index is 1.83. The molecule has 23 heavy (non-hydrogen) atoms. The van der Waals surface area contributed by atoms with E-state index in [4.69, 9.17) is 9.47 Å². The fourth-order valence-electron chi connectivity index (χ4n) is 2.31. The van der Waals surface area contributed by atoms with Gasteiger partial charge in [-0.05, 0) is 64.0 Å². The molecule has 0 saturated carbocycles. The van der Waals surface area contributed by atoms with E-state index in [0.29, 0.717) is 17.9 Å². The molecule has 3 nitrogen and oxygen atoms in total. The first kappa shape index (κ1) is 15.6. The van der Waals surface area contributed by atoms with Crippen molar-refractivity contribution in [3.8, 4) is 11.5 Å². The van der Waals surface area contributed by atoms with Crippen LogP contribution in [0.5, 0.6) is 11.5 Å². The summed E-state index contributed by atoms with van der Waals surface area (Å²) < 4.78 is 11.7. The van der Waals surface area contributed by atoms with Gasteiger partial charge in [-0.25, -0.2) is 4.79 Å². The van der Waals surface area contributed by atoms with Crippen LogP contribution < -0.4 is 9.47 Å². The molecule has 3 rings (SSSR count). The Morgan fingerprint density at radius 3 is 2.48 bits per heavy atom. The third kappa shape index (κ3) is 3.37. The minimum atomic E-state index is -0.399. The van der Waals surface area contributed by atoms with Gasteiger partial charge in [0.25, 0.3) is 0 Å². The number of carbonyl (C=O) groups is 1. The van der Waals surface area contributed by atoms with E-state index in [1.165, 1.54) is 0 Å². The SMILES string of the molecule is CCOc1ccc(C(=O)Oc2ccc3ccccc3c2Br)cc1. The van der Waals surface area contributed by atoms with E-state index in [-0.39, 0.29) is 0 Å². The molecule has 0 atom stereocenters. The number of hydrogen-bond donors (Lipinski definition) is 0. The average molecular weight is 371 g/mol. The number of esters is 1. The van der Waals surface area contributed by atoms with E-state index >= 15 is 0 Å². The molecular weight excluding hydrogens is 356 g/mol. The quantitative estimate of drug-likeness (QED) is 0.466. The minimum Gasteiger partial charge on any atom is -0.494 e. The lowest BCUT2D eigenvalue weighted by molar-refractivity contribution is 0.0734. The van der Waals surface area contributed by atoms with E-state index in [1.54, 1.807) is 30.3 Å². The van der Waals surface area contributed by atoms with Crippen molar-refractivity contribution < 1.29 is 14.3 Å². The molecule has 0 heterocycles. The molecule has 0 aliphatic carbocycles. The van der Waals surface area contributed by atoms with Crippen molar-refractivity contribution in [1.82, 2.24) is 0 Å². The third-order valence-corrected chi connectivity index (χ3v) is 4.25. The Morgan fingerprint density at radius 2 is 1.74 bits per heavy atom. The Labute approximate surface area is 143 Å². The van der Waals surface area contributed by atoms with E-state index in [9.17, 15) is 4.79 Å². The highest BCUT2D eigenvalue weighted by Crippen LogP contribution is 2.33. The van der Waals surface area contributed by atoms with E-state index in [1.807, 2.05) is 37.3 Å². The fraction of sp³-hybridized carbons (Fsp3) is 0.105. The summed E-state index contributed by atoms with van der Waals surface area (Å²) in [5, 5.41) is 2.09. The predicted molar refractivity (Wildman–Crippen MR) is 94.2 cm³/mol. The molecule has 0 radical (unpaired) electrons. The van der Waals surface area contributed by atoms with E-state index in [0.717, 1.165) is 21.0 Å². The number of ether oxygens (including phenoxy) is 2. The van der Waals surface area contributed by atoms with Crippen molar-refractivity contribution >= 4 is 32.7 Å². The van der Waals surface area contributed by atoms with Crippen LogP contribution in [0.1, 0.15) is 17.3 Å². The highest BCUT2D eigenvalue weighted by Gasteiger charge is 2.12. The fourth-order valence-corrected chi connectivity index (χ4v) is 2.88. The van der Waals surface area contributed by atoms with Crippen molar-refractivity contribution in [2.75, 3.05) is 6.61 Å². The summed E-state index contributed by atoms with van der Waals surface area (Å²) in [5.41, 5.74) is 0.480. The largest absolute Gasteiger partial charge is 0.494 e. The molecule has 0 amide bonds. The van der Waals surface area contributed by atoms with Gasteiger partial charge in [0.2, 0.25) is 0 Å². The Morgan fingerprint density at radius 1 is 1.00 bits per heavy atom. The second kappa shape index (κ2) is 6.84. The maximum Gasteiger partial charge on any atom is 0.343 e. The lowest BCUT2D eigenvalue weighted by atomic mass is 10.1. The topological polar surface area (TPSA) is 35.5 Å². The highest BCUT2D eigenvalue weighted by atomic mass is 79.9. The van der Waals surface area contributed by atoms with Gasteiger partial charge in [0, 0.05) is 0 Å². The van der Waals surface area contributed by atoms with Crippen LogP contribution in [0.15, 0.2) is 65.1 Å². The van der Waals surface area contributed by atoms with Crippen LogP contribution in [0.2, 0.25) is 0 Å². The third-order valence-electron chi connectivity index (χ3n) is 3.43. The van der Waals surface area contributed by atoms with Crippen LogP contribution >= 0.6 is 15.9 Å². The Kier molecular flexibility index (Phi) is 4.63. The van der Waals surface area contributed by atoms with Gasteiger partial charge in [0.15, 0.2) is 0 Å². The summed E-state index contributed by atoms with van der Waals surface area (Å²) in [6.45, 7) is 2.51. The van der Waals surface area contributed by atoms with Gasteiger partial charge in [0.1, 0.15) is 11.5 Å². The van der Waals surface area contributed by atoms with Crippen molar-refractivity contribution in [3.63, 3.8) is 0 Å². The second-order valence-electron chi connectivity index (χ2n) is 4.95. The summed E-state index contributed by atoms with van der Waals surface area (Å²) in [4.78, 5) is 12.3. The summed E-state index contributed by atoms with van der Waals surface area (Å²) in [6, 6.07) is 18.5. The summed E-state index contributed by atoms with van der Waals surface area (Å²) in [6.07, 6.45) is 0. The standard InChI is InChI=1S/C19H15BrO3/c1-2-22-15-10-7-14(8-11-15)19(21)23-17-12-9-13-5-3-4-6-16(13)18(17)20/h3-12H,2H2,1H3. The van der Waals surface area contributed by atoms with Gasteiger partial charge in [-0.2, -0.15) is 0 Å². The van der Waals surface area contributed by atoms with E-state index in [2.05, 4.69) is 15.9 Å². The molecule has 0 N–H and O–H groups in total. The lowest BCUT2D eigenvalue weighted by Gasteiger charge is -2.09. The molecule has 3 aromatic carbocycles. The maximum absolute atomic E-state index is 12.3. The number of fused-ring (bicyclic) bond motifs is 1. The van der Waals surface area contributed by atoms with Gasteiger partial charge >= 0.3 is 5.97 Å². The van der Waals surface area contributed by atoms with Crippen LogP contribution in [0, 0.1) is 0 Å². The molecule has 4 heteroatoms. The van der Waals surface area contributed by atoms with Crippen molar-refractivity contribution in [2.24, 2.45) is 0 Å². The number of halogens is 1. The van der Waals surface area contributed by atoms with E-state index < -0.39 is 5.97 Å². The summed E-state index contributed by atoms with van der Waals surface area (Å²) >= 11 is 3.52. The molecule has 0 aromatic heterocycles. The molecule has 0 spiro atoms. The van der Waals surface area contributed by atoms with Gasteiger partial charge < -0.3 is 9.47 Å². The van der Waals surface area contributed by atoms with Crippen LogP contribution in [0.4, 0.5) is 0 Å². The number of benzene rings is 3. The maximum atomic E-state index is 12.3. The molecule has 0 aliphatic heterocycles. The zero-order chi connectivity index (χ0) is 16.2. The minimum absolute atomic E-state index is 0.399. The molecule has 0 bridgehead atoms. The van der Waals surface area contributed by atoms with Gasteiger partial charge in [-0.3, -0.25) is 0 Å². The first-order valence-corrected chi connectivity index (χ1v) is 8.10. The average Bonchev–Trinajstić information content (AvgIpc) is 2.58. The monoisotopic (exact) mass is 370 g/mol. The smallest absolute Gasteiger partial charge is 0.343 e. The first-order valence-electron chi connectivity index (χ1n) is 7.31. The zero-order valence-electron chi connectivity index (χ0n) is 12.6. The lowest BCUT2D eigenvalue weighted by Crippen LogP contribution is -2.08. The number of hydrogen-bond acceptors (Lipinski definition) is 3. The van der Waals surface area contributed by atoms with Crippen molar-refractivity contribution in [3.05, 3.63) is 70.7 Å². The number of rotatable bonds is 4.